The normalized spacial score (nSPS) is 10.8. The molecule has 0 fully saturated rings. The highest BCUT2D eigenvalue weighted by Gasteiger charge is 2.17. The lowest BCUT2D eigenvalue weighted by molar-refractivity contribution is 0.102. The van der Waals surface area contributed by atoms with E-state index in [-0.39, 0.29) is 17.5 Å². The summed E-state index contributed by atoms with van der Waals surface area (Å²) in [7, 11) is 0. The minimum Gasteiger partial charge on any atom is -0.422 e. The van der Waals surface area contributed by atoms with Crippen LogP contribution in [0.3, 0.4) is 0 Å². The number of benzene rings is 1. The third kappa shape index (κ3) is 2.59. The number of anilines is 1. The van der Waals surface area contributed by atoms with Gasteiger partial charge in [-0.3, -0.25) is 10.1 Å². The van der Waals surface area contributed by atoms with E-state index in [2.05, 4.69) is 15.5 Å². The van der Waals surface area contributed by atoms with Gasteiger partial charge in [-0.2, -0.15) is 11.3 Å². The van der Waals surface area contributed by atoms with Crippen LogP contribution in [0, 0.1) is 0 Å². The number of para-hydroxylation sites is 1. The van der Waals surface area contributed by atoms with Crippen molar-refractivity contribution in [1.82, 2.24) is 10.2 Å². The number of rotatable bonds is 3. The van der Waals surface area contributed by atoms with Gasteiger partial charge in [0, 0.05) is 16.3 Å². The molecule has 0 aliphatic heterocycles. The lowest BCUT2D eigenvalue weighted by atomic mass is 10.2. The maximum atomic E-state index is 12.3. The fourth-order valence-corrected chi connectivity index (χ4v) is 2.79. The molecule has 7 nitrogen and oxygen atoms in total. The molecule has 3 heterocycles. The van der Waals surface area contributed by atoms with Gasteiger partial charge in [0.2, 0.25) is 0 Å². The summed E-state index contributed by atoms with van der Waals surface area (Å²) >= 11 is 1.49. The Morgan fingerprint density at radius 3 is 2.83 bits per heavy atom. The largest absolute Gasteiger partial charge is 0.422 e. The molecule has 3 aromatic heterocycles. The maximum Gasteiger partial charge on any atom is 0.349 e. The number of hydrogen-bond donors (Lipinski definition) is 1. The number of aromatic nitrogens is 2. The average molecular weight is 339 g/mol. The third-order valence-corrected chi connectivity index (χ3v) is 3.98. The minimum atomic E-state index is -0.733. The first kappa shape index (κ1) is 14.3. The van der Waals surface area contributed by atoms with E-state index in [1.807, 2.05) is 16.8 Å². The van der Waals surface area contributed by atoms with Crippen LogP contribution in [0.1, 0.15) is 10.4 Å². The zero-order valence-electron chi connectivity index (χ0n) is 12.1. The molecule has 0 spiro atoms. The Morgan fingerprint density at radius 1 is 1.12 bits per heavy atom. The molecule has 4 rings (SSSR count). The molecule has 0 saturated carbocycles. The van der Waals surface area contributed by atoms with Gasteiger partial charge in [-0.1, -0.05) is 23.3 Å². The quantitative estimate of drug-likeness (QED) is 0.576. The lowest BCUT2D eigenvalue weighted by Gasteiger charge is -2.01. The van der Waals surface area contributed by atoms with Crippen LogP contribution in [0.5, 0.6) is 0 Å². The van der Waals surface area contributed by atoms with Gasteiger partial charge in [-0.15, -0.1) is 5.10 Å². The zero-order valence-corrected chi connectivity index (χ0v) is 12.9. The van der Waals surface area contributed by atoms with E-state index < -0.39 is 11.5 Å². The number of fused-ring (bicyclic) bond motifs is 1. The van der Waals surface area contributed by atoms with Gasteiger partial charge in [-0.05, 0) is 23.6 Å². The molecule has 0 aliphatic carbocycles. The molecule has 4 aromatic rings. The predicted molar refractivity (Wildman–Crippen MR) is 88.0 cm³/mol. The van der Waals surface area contributed by atoms with Gasteiger partial charge in [0.25, 0.3) is 11.8 Å². The highest BCUT2D eigenvalue weighted by molar-refractivity contribution is 7.08. The topological polar surface area (TPSA) is 98.2 Å². The van der Waals surface area contributed by atoms with E-state index in [9.17, 15) is 9.59 Å². The summed E-state index contributed by atoms with van der Waals surface area (Å²) in [6.45, 7) is 0. The minimum absolute atomic E-state index is 0.0891. The first-order valence-corrected chi connectivity index (χ1v) is 7.85. The van der Waals surface area contributed by atoms with Crippen LogP contribution in [0.25, 0.3) is 22.4 Å². The van der Waals surface area contributed by atoms with Gasteiger partial charge in [0.15, 0.2) is 0 Å². The maximum absolute atomic E-state index is 12.3. The fourth-order valence-electron chi connectivity index (χ4n) is 2.16. The molecule has 118 valence electrons. The van der Waals surface area contributed by atoms with E-state index >= 15 is 0 Å². The van der Waals surface area contributed by atoms with Crippen LogP contribution in [0.4, 0.5) is 6.01 Å². The van der Waals surface area contributed by atoms with Gasteiger partial charge in [0.1, 0.15) is 11.1 Å². The van der Waals surface area contributed by atoms with Gasteiger partial charge in [-0.25, -0.2) is 4.79 Å². The van der Waals surface area contributed by atoms with Gasteiger partial charge < -0.3 is 8.83 Å². The van der Waals surface area contributed by atoms with E-state index in [0.717, 1.165) is 5.56 Å². The highest BCUT2D eigenvalue weighted by Crippen LogP contribution is 2.22. The molecular weight excluding hydrogens is 330 g/mol. The van der Waals surface area contributed by atoms with Crippen molar-refractivity contribution in [1.29, 1.82) is 0 Å². The molecule has 0 atom stereocenters. The van der Waals surface area contributed by atoms with Crippen molar-refractivity contribution < 1.29 is 13.6 Å². The third-order valence-electron chi connectivity index (χ3n) is 3.30. The Morgan fingerprint density at radius 2 is 2.00 bits per heavy atom. The zero-order chi connectivity index (χ0) is 16.5. The molecule has 0 unspecified atom stereocenters. The average Bonchev–Trinajstić information content (AvgIpc) is 3.25. The fraction of sp³-hybridized carbons (Fsp3) is 0. The van der Waals surface area contributed by atoms with E-state index in [0.29, 0.717) is 11.0 Å². The SMILES string of the molecule is O=C(Nc1nnc(-c2ccsc2)o1)c1cc2ccccc2oc1=O. The molecule has 0 saturated heterocycles. The summed E-state index contributed by atoms with van der Waals surface area (Å²) < 4.78 is 10.5. The van der Waals surface area contributed by atoms with Crippen molar-refractivity contribution >= 4 is 34.2 Å². The molecule has 1 amide bonds. The van der Waals surface area contributed by atoms with Crippen LogP contribution >= 0.6 is 11.3 Å². The van der Waals surface area contributed by atoms with Crippen LogP contribution in [0.2, 0.25) is 0 Å². The lowest BCUT2D eigenvalue weighted by Crippen LogP contribution is -2.20. The first-order chi connectivity index (χ1) is 11.7. The number of carbonyl (C=O) groups excluding carboxylic acids is 1. The second-order valence-electron chi connectivity index (χ2n) is 4.86. The number of nitrogens with zero attached hydrogens (tertiary/aromatic N) is 2. The summed E-state index contributed by atoms with van der Waals surface area (Å²) in [4.78, 5) is 24.2. The second kappa shape index (κ2) is 5.74. The Labute approximate surface area is 138 Å². The van der Waals surface area contributed by atoms with Crippen LogP contribution in [-0.4, -0.2) is 16.1 Å². The summed E-state index contributed by atoms with van der Waals surface area (Å²) in [6, 6.07) is 10.1. The molecule has 0 radical (unpaired) electrons. The number of nitrogens with one attached hydrogen (secondary N) is 1. The standard InChI is InChI=1S/C16H9N3O4S/c20-13(11-7-9-3-1-2-4-12(9)22-15(11)21)17-16-19-18-14(23-16)10-5-6-24-8-10/h1-8H,(H,17,19,20). The van der Waals surface area contributed by atoms with E-state index in [4.69, 9.17) is 8.83 Å². The first-order valence-electron chi connectivity index (χ1n) is 6.91. The molecule has 1 N–H and O–H groups in total. The van der Waals surface area contributed by atoms with E-state index in [1.54, 1.807) is 24.3 Å². The number of thiophene rings is 1. The van der Waals surface area contributed by atoms with Crippen molar-refractivity contribution in [2.24, 2.45) is 0 Å². The van der Waals surface area contributed by atoms with Crippen molar-refractivity contribution in [2.45, 2.75) is 0 Å². The molecular formula is C16H9N3O4S. The smallest absolute Gasteiger partial charge is 0.349 e. The monoisotopic (exact) mass is 339 g/mol. The van der Waals surface area contributed by atoms with Crippen molar-refractivity contribution in [3.05, 3.63) is 63.1 Å². The summed E-state index contributed by atoms with van der Waals surface area (Å²) in [5, 5.41) is 14.4. The molecule has 8 heteroatoms. The van der Waals surface area contributed by atoms with Crippen molar-refractivity contribution in [3.63, 3.8) is 0 Å². The Balaban J connectivity index is 1.63. The van der Waals surface area contributed by atoms with Crippen LogP contribution < -0.4 is 10.9 Å². The molecule has 0 aliphatic rings. The van der Waals surface area contributed by atoms with Gasteiger partial charge in [0.05, 0.1) is 0 Å². The number of carbonyl (C=O) groups is 1. The summed E-state index contributed by atoms with van der Waals surface area (Å²) in [5.74, 6) is -0.382. The molecule has 1 aromatic carbocycles. The predicted octanol–water partition coefficient (Wildman–Crippen LogP) is 3.16. The van der Waals surface area contributed by atoms with Crippen LogP contribution in [-0.2, 0) is 0 Å². The molecule has 24 heavy (non-hydrogen) atoms. The highest BCUT2D eigenvalue weighted by atomic mass is 32.1. The van der Waals surface area contributed by atoms with E-state index in [1.165, 1.54) is 17.4 Å². The second-order valence-corrected chi connectivity index (χ2v) is 5.64. The Kier molecular flexibility index (Phi) is 3.43. The number of amides is 1. The van der Waals surface area contributed by atoms with Gasteiger partial charge >= 0.3 is 11.6 Å². The Bertz CT molecular complexity index is 1080. The van der Waals surface area contributed by atoms with Crippen LogP contribution in [0.15, 0.2) is 60.8 Å². The summed E-state index contributed by atoms with van der Waals surface area (Å²) in [5.41, 5.74) is 0.308. The Hall–Kier alpha value is -3.26. The van der Waals surface area contributed by atoms with Crippen molar-refractivity contribution in [3.8, 4) is 11.5 Å². The number of hydrogen-bond acceptors (Lipinski definition) is 7. The molecule has 0 bridgehead atoms. The summed E-state index contributed by atoms with van der Waals surface area (Å²) in [6.07, 6.45) is 0. The van der Waals surface area contributed by atoms with Crippen molar-refractivity contribution in [2.75, 3.05) is 5.32 Å².